The van der Waals surface area contributed by atoms with Crippen LogP contribution in [0.2, 0.25) is 0 Å². The molecule has 0 aliphatic carbocycles. The molecule has 2 atom stereocenters. The largest absolute Gasteiger partial charge is 0.372 e. The molecule has 2 rings (SSSR count). The number of carbonyl (C=O) groups is 1. The number of hydrogen-bond acceptors (Lipinski definition) is 2. The van der Waals surface area contributed by atoms with Gasteiger partial charge in [-0.15, -0.1) is 0 Å². The van der Waals surface area contributed by atoms with Crippen LogP contribution in [0.3, 0.4) is 0 Å². The van der Waals surface area contributed by atoms with Crippen molar-refractivity contribution in [1.82, 2.24) is 4.90 Å². The number of amides is 1. The van der Waals surface area contributed by atoms with E-state index in [9.17, 15) is 4.79 Å². The number of halogens is 1. The first-order chi connectivity index (χ1) is 8.06. The Balaban J connectivity index is 2.14. The van der Waals surface area contributed by atoms with Crippen LogP contribution in [0.5, 0.6) is 0 Å². The second-order valence-corrected chi connectivity index (χ2v) is 5.39. The van der Waals surface area contributed by atoms with Crippen molar-refractivity contribution < 1.29 is 9.53 Å². The maximum atomic E-state index is 12.3. The summed E-state index contributed by atoms with van der Waals surface area (Å²) in [5, 5.41) is 0. The van der Waals surface area contributed by atoms with E-state index >= 15 is 0 Å². The third-order valence-corrected chi connectivity index (χ3v) is 3.27. The summed E-state index contributed by atoms with van der Waals surface area (Å²) in [4.78, 5) is 14.2. The molecule has 1 aliphatic heterocycles. The molecule has 1 fully saturated rings. The molecule has 0 aromatic heterocycles. The maximum absolute atomic E-state index is 12.3. The van der Waals surface area contributed by atoms with E-state index in [2.05, 4.69) is 15.9 Å². The third-order valence-electron chi connectivity index (χ3n) is 2.78. The van der Waals surface area contributed by atoms with Crippen molar-refractivity contribution in [2.24, 2.45) is 0 Å². The van der Waals surface area contributed by atoms with Crippen LogP contribution in [0.4, 0.5) is 0 Å². The average molecular weight is 298 g/mol. The van der Waals surface area contributed by atoms with E-state index in [-0.39, 0.29) is 18.1 Å². The van der Waals surface area contributed by atoms with Crippen LogP contribution >= 0.6 is 15.9 Å². The SMILES string of the molecule is C[C@H]1CN(C(=O)c2cccc(Br)c2)C[C@H](C)O1. The van der Waals surface area contributed by atoms with Crippen molar-refractivity contribution in [2.45, 2.75) is 26.1 Å². The molecule has 1 aromatic carbocycles. The Hall–Kier alpha value is -0.870. The number of rotatable bonds is 1. The van der Waals surface area contributed by atoms with Gasteiger partial charge in [-0.2, -0.15) is 0 Å². The van der Waals surface area contributed by atoms with Crippen LogP contribution in [0.25, 0.3) is 0 Å². The molecule has 0 saturated carbocycles. The Labute approximate surface area is 110 Å². The van der Waals surface area contributed by atoms with Crippen molar-refractivity contribution in [3.8, 4) is 0 Å². The number of hydrogen-bond donors (Lipinski definition) is 0. The first-order valence-electron chi connectivity index (χ1n) is 5.76. The lowest BCUT2D eigenvalue weighted by Gasteiger charge is -2.35. The molecule has 3 nitrogen and oxygen atoms in total. The Kier molecular flexibility index (Phi) is 3.84. The number of benzene rings is 1. The highest BCUT2D eigenvalue weighted by molar-refractivity contribution is 9.10. The molecule has 1 heterocycles. The van der Waals surface area contributed by atoms with Gasteiger partial charge in [-0.1, -0.05) is 22.0 Å². The van der Waals surface area contributed by atoms with Crippen molar-refractivity contribution in [2.75, 3.05) is 13.1 Å². The molecule has 17 heavy (non-hydrogen) atoms. The van der Waals surface area contributed by atoms with E-state index in [0.29, 0.717) is 13.1 Å². The third kappa shape index (κ3) is 3.07. The van der Waals surface area contributed by atoms with Crippen molar-refractivity contribution in [3.63, 3.8) is 0 Å². The van der Waals surface area contributed by atoms with Crippen LogP contribution in [0.1, 0.15) is 24.2 Å². The zero-order valence-corrected chi connectivity index (χ0v) is 11.6. The van der Waals surface area contributed by atoms with Gasteiger partial charge in [0.2, 0.25) is 0 Å². The molecule has 0 unspecified atom stereocenters. The fourth-order valence-corrected chi connectivity index (χ4v) is 2.55. The highest BCUT2D eigenvalue weighted by atomic mass is 79.9. The first-order valence-corrected chi connectivity index (χ1v) is 6.56. The summed E-state index contributed by atoms with van der Waals surface area (Å²) in [6, 6.07) is 7.50. The molecule has 0 radical (unpaired) electrons. The predicted molar refractivity (Wildman–Crippen MR) is 70.1 cm³/mol. The van der Waals surface area contributed by atoms with Gasteiger partial charge in [-0.3, -0.25) is 4.79 Å². The van der Waals surface area contributed by atoms with Gasteiger partial charge in [-0.25, -0.2) is 0 Å². The highest BCUT2D eigenvalue weighted by Crippen LogP contribution is 2.17. The summed E-state index contributed by atoms with van der Waals surface area (Å²) in [6.07, 6.45) is 0.213. The molecule has 92 valence electrons. The molecule has 0 N–H and O–H groups in total. The lowest BCUT2D eigenvalue weighted by Crippen LogP contribution is -2.48. The van der Waals surface area contributed by atoms with Crippen LogP contribution in [-0.2, 0) is 4.74 Å². The van der Waals surface area contributed by atoms with Gasteiger partial charge >= 0.3 is 0 Å². The molecule has 1 aromatic rings. The Morgan fingerprint density at radius 3 is 2.59 bits per heavy atom. The van der Waals surface area contributed by atoms with E-state index in [4.69, 9.17) is 4.74 Å². The van der Waals surface area contributed by atoms with Crippen molar-refractivity contribution >= 4 is 21.8 Å². The maximum Gasteiger partial charge on any atom is 0.254 e. The van der Waals surface area contributed by atoms with E-state index in [0.717, 1.165) is 10.0 Å². The summed E-state index contributed by atoms with van der Waals surface area (Å²) in [5.41, 5.74) is 0.723. The molecule has 1 aliphatic rings. The Morgan fingerprint density at radius 2 is 2.00 bits per heavy atom. The summed E-state index contributed by atoms with van der Waals surface area (Å²) >= 11 is 3.38. The van der Waals surface area contributed by atoms with Crippen molar-refractivity contribution in [1.29, 1.82) is 0 Å². The van der Waals surface area contributed by atoms with Crippen LogP contribution in [0.15, 0.2) is 28.7 Å². The van der Waals surface area contributed by atoms with Gasteiger partial charge in [-0.05, 0) is 32.0 Å². The van der Waals surface area contributed by atoms with Gasteiger partial charge in [0.25, 0.3) is 5.91 Å². The summed E-state index contributed by atoms with van der Waals surface area (Å²) in [5.74, 6) is 0.0771. The molecular formula is C13H16BrNO2. The fourth-order valence-electron chi connectivity index (χ4n) is 2.15. The van der Waals surface area contributed by atoms with Crippen LogP contribution < -0.4 is 0 Å². The highest BCUT2D eigenvalue weighted by Gasteiger charge is 2.26. The number of ether oxygens (including phenoxy) is 1. The average Bonchev–Trinajstić information content (AvgIpc) is 2.26. The summed E-state index contributed by atoms with van der Waals surface area (Å²) in [6.45, 7) is 5.32. The number of nitrogens with zero attached hydrogens (tertiary/aromatic N) is 1. The topological polar surface area (TPSA) is 29.5 Å². The normalized spacial score (nSPS) is 24.8. The minimum atomic E-state index is 0.0771. The zero-order valence-electron chi connectivity index (χ0n) is 10.0. The molecule has 1 amide bonds. The molecule has 0 spiro atoms. The molecule has 4 heteroatoms. The van der Waals surface area contributed by atoms with E-state index in [1.807, 2.05) is 43.0 Å². The quantitative estimate of drug-likeness (QED) is 0.798. The zero-order chi connectivity index (χ0) is 12.4. The van der Waals surface area contributed by atoms with Gasteiger partial charge in [0.1, 0.15) is 0 Å². The van der Waals surface area contributed by atoms with Gasteiger partial charge in [0, 0.05) is 23.1 Å². The van der Waals surface area contributed by atoms with Gasteiger partial charge < -0.3 is 9.64 Å². The smallest absolute Gasteiger partial charge is 0.254 e. The lowest BCUT2D eigenvalue weighted by molar-refractivity contribution is -0.0586. The minimum absolute atomic E-state index is 0.0771. The molecule has 1 saturated heterocycles. The van der Waals surface area contributed by atoms with Gasteiger partial charge in [0.05, 0.1) is 12.2 Å². The second kappa shape index (κ2) is 5.19. The fraction of sp³-hybridized carbons (Fsp3) is 0.462. The van der Waals surface area contributed by atoms with Crippen molar-refractivity contribution in [3.05, 3.63) is 34.3 Å². The monoisotopic (exact) mass is 297 g/mol. The van der Waals surface area contributed by atoms with Gasteiger partial charge in [0.15, 0.2) is 0 Å². The predicted octanol–water partition coefficient (Wildman–Crippen LogP) is 2.70. The van der Waals surface area contributed by atoms with E-state index < -0.39 is 0 Å². The Bertz CT molecular complexity index is 412. The van der Waals surface area contributed by atoms with Crippen LogP contribution in [-0.4, -0.2) is 36.1 Å². The second-order valence-electron chi connectivity index (χ2n) is 4.48. The summed E-state index contributed by atoms with van der Waals surface area (Å²) < 4.78 is 6.55. The van der Waals surface area contributed by atoms with E-state index in [1.54, 1.807) is 0 Å². The molecular weight excluding hydrogens is 282 g/mol. The summed E-state index contributed by atoms with van der Waals surface area (Å²) in [7, 11) is 0. The van der Waals surface area contributed by atoms with E-state index in [1.165, 1.54) is 0 Å². The lowest BCUT2D eigenvalue weighted by atomic mass is 10.1. The minimum Gasteiger partial charge on any atom is -0.372 e. The number of morpholine rings is 1. The first kappa shape index (κ1) is 12.6. The standard InChI is InChI=1S/C13H16BrNO2/c1-9-7-15(8-10(2)17-9)13(16)11-4-3-5-12(14)6-11/h3-6,9-10H,7-8H2,1-2H3/t9-,10-/m0/s1. The molecule has 0 bridgehead atoms. The number of carbonyl (C=O) groups excluding carboxylic acids is 1. The Morgan fingerprint density at radius 1 is 1.35 bits per heavy atom. The van der Waals surface area contributed by atoms with Crippen LogP contribution in [0, 0.1) is 0 Å².